The highest BCUT2D eigenvalue weighted by atomic mass is 127. The van der Waals surface area contributed by atoms with E-state index in [4.69, 9.17) is 0 Å². The SMILES string of the molecule is C[N+](C)(C)Cc1ccccc1.[IH2+]. The Hall–Kier alpha value is -0.0900. The third kappa shape index (κ3) is 4.72. The van der Waals surface area contributed by atoms with Crippen LogP contribution in [-0.2, 0) is 6.54 Å². The first kappa shape index (κ1) is 11.9. The molecule has 0 unspecified atom stereocenters. The molecule has 1 nitrogen and oxygen atoms in total. The standard InChI is InChI=1S/C10H16N.H2I/c1-11(2,3)9-10-7-5-4-6-8-10;/h4-8H,9H2,1-3H3;1H2/q2*+1. The van der Waals surface area contributed by atoms with Gasteiger partial charge < -0.3 is 4.48 Å². The van der Waals surface area contributed by atoms with Crippen molar-refractivity contribution in [1.29, 1.82) is 0 Å². The first-order valence-corrected chi connectivity index (χ1v) is 3.92. The van der Waals surface area contributed by atoms with Crippen LogP contribution in [-0.4, -0.2) is 25.6 Å². The highest BCUT2D eigenvalue weighted by Crippen LogP contribution is 2.04. The van der Waals surface area contributed by atoms with E-state index in [0.717, 1.165) is 11.0 Å². The van der Waals surface area contributed by atoms with E-state index in [2.05, 4.69) is 51.5 Å². The summed E-state index contributed by atoms with van der Waals surface area (Å²) in [4.78, 5) is 0. The van der Waals surface area contributed by atoms with Crippen LogP contribution in [0.15, 0.2) is 30.3 Å². The number of quaternary nitrogens is 1. The first-order valence-electron chi connectivity index (χ1n) is 3.92. The van der Waals surface area contributed by atoms with Crippen molar-refractivity contribution in [2.75, 3.05) is 21.1 Å². The minimum absolute atomic E-state index is 0. The number of rotatable bonds is 2. The van der Waals surface area contributed by atoms with Crippen molar-refractivity contribution >= 4 is 0 Å². The predicted molar refractivity (Wildman–Crippen MR) is 51.0 cm³/mol. The summed E-state index contributed by atoms with van der Waals surface area (Å²) >= 11 is 0. The zero-order valence-electron chi connectivity index (χ0n) is 7.99. The van der Waals surface area contributed by atoms with Gasteiger partial charge in [0.25, 0.3) is 0 Å². The van der Waals surface area contributed by atoms with Crippen molar-refractivity contribution < 1.29 is 28.5 Å². The second-order valence-corrected chi connectivity index (χ2v) is 3.93. The molecule has 1 rings (SSSR count). The van der Waals surface area contributed by atoms with Crippen LogP contribution in [0.1, 0.15) is 5.56 Å². The molecule has 0 spiro atoms. The number of benzene rings is 1. The third-order valence-corrected chi connectivity index (χ3v) is 1.50. The molecule has 68 valence electrons. The molecule has 0 amide bonds. The first-order chi connectivity index (χ1) is 5.08. The predicted octanol–water partition coefficient (Wildman–Crippen LogP) is -1.64. The maximum Gasteiger partial charge on any atom is 0.235 e. The molecule has 12 heavy (non-hydrogen) atoms. The van der Waals surface area contributed by atoms with Gasteiger partial charge in [0.1, 0.15) is 6.54 Å². The van der Waals surface area contributed by atoms with Gasteiger partial charge in [-0.1, -0.05) is 30.3 Å². The van der Waals surface area contributed by atoms with Crippen LogP contribution >= 0.6 is 0 Å². The second-order valence-electron chi connectivity index (χ2n) is 3.93. The summed E-state index contributed by atoms with van der Waals surface area (Å²) in [5.41, 5.74) is 1.40. The topological polar surface area (TPSA) is 0 Å². The van der Waals surface area contributed by atoms with E-state index in [1.165, 1.54) is 5.56 Å². The van der Waals surface area contributed by atoms with E-state index in [1.54, 1.807) is 0 Å². The Labute approximate surface area is 92.0 Å². The van der Waals surface area contributed by atoms with E-state index < -0.39 is 0 Å². The van der Waals surface area contributed by atoms with Crippen LogP contribution in [0.5, 0.6) is 0 Å². The molecular weight excluding hydrogens is 261 g/mol. The summed E-state index contributed by atoms with van der Waals surface area (Å²) < 4.78 is 0.990. The number of halogens is 1. The minimum atomic E-state index is 0. The Balaban J connectivity index is 0.00000121. The van der Waals surface area contributed by atoms with E-state index in [9.17, 15) is 0 Å². The highest BCUT2D eigenvalue weighted by molar-refractivity contribution is 5.13. The molecule has 0 N–H and O–H groups in total. The molecule has 0 bridgehead atoms. The van der Waals surface area contributed by atoms with Crippen LogP contribution in [0.25, 0.3) is 0 Å². The summed E-state index contributed by atoms with van der Waals surface area (Å²) in [6, 6.07) is 10.6. The van der Waals surface area contributed by atoms with Gasteiger partial charge in [-0.3, -0.25) is 0 Å². The third-order valence-electron chi connectivity index (χ3n) is 1.50. The summed E-state index contributed by atoms with van der Waals surface area (Å²) in [6.45, 7) is 1.10. The Morgan fingerprint density at radius 2 is 1.50 bits per heavy atom. The molecule has 0 heterocycles. The van der Waals surface area contributed by atoms with Crippen molar-refractivity contribution in [3.8, 4) is 0 Å². The van der Waals surface area contributed by atoms with E-state index in [0.29, 0.717) is 0 Å². The lowest BCUT2D eigenvalue weighted by atomic mass is 10.2. The molecule has 0 saturated heterocycles. The molecule has 0 aliphatic heterocycles. The fourth-order valence-corrected chi connectivity index (χ4v) is 1.13. The highest BCUT2D eigenvalue weighted by Gasteiger charge is 2.06. The fraction of sp³-hybridized carbons (Fsp3) is 0.400. The van der Waals surface area contributed by atoms with Gasteiger partial charge in [0, 0.05) is 5.56 Å². The van der Waals surface area contributed by atoms with Crippen LogP contribution in [0, 0.1) is 0 Å². The summed E-state index contributed by atoms with van der Waals surface area (Å²) in [5, 5.41) is 0. The Morgan fingerprint density at radius 1 is 1.00 bits per heavy atom. The molecule has 0 aliphatic carbocycles. The lowest BCUT2D eigenvalue weighted by Crippen LogP contribution is -3.00. The van der Waals surface area contributed by atoms with Crippen LogP contribution in [0.3, 0.4) is 0 Å². The van der Waals surface area contributed by atoms with Gasteiger partial charge in [-0.2, -0.15) is 0 Å². The van der Waals surface area contributed by atoms with Crippen LogP contribution < -0.4 is 24.0 Å². The minimum Gasteiger partial charge on any atom is -0.327 e. The van der Waals surface area contributed by atoms with Crippen molar-refractivity contribution in [1.82, 2.24) is 0 Å². The van der Waals surface area contributed by atoms with Gasteiger partial charge in [-0.25, -0.2) is 0 Å². The molecule has 2 heteroatoms. The molecule has 0 aromatic heterocycles. The van der Waals surface area contributed by atoms with Crippen molar-refractivity contribution in [2.24, 2.45) is 0 Å². The molecule has 1 aromatic carbocycles. The molecule has 0 fully saturated rings. The lowest BCUT2D eigenvalue weighted by molar-refractivity contribution is -0.884. The molecule has 0 atom stereocenters. The van der Waals surface area contributed by atoms with E-state index in [-0.39, 0.29) is 24.0 Å². The lowest BCUT2D eigenvalue weighted by Gasteiger charge is -2.23. The van der Waals surface area contributed by atoms with Crippen molar-refractivity contribution in [2.45, 2.75) is 6.54 Å². The largest absolute Gasteiger partial charge is 0.327 e. The average Bonchev–Trinajstić information content (AvgIpc) is 1.85. The zero-order valence-corrected chi connectivity index (χ0v) is 10.5. The van der Waals surface area contributed by atoms with Crippen molar-refractivity contribution in [3.63, 3.8) is 0 Å². The van der Waals surface area contributed by atoms with Gasteiger partial charge >= 0.3 is 0 Å². The number of nitrogens with zero attached hydrogens (tertiary/aromatic N) is 1. The number of hydrogen-bond acceptors (Lipinski definition) is 0. The van der Waals surface area contributed by atoms with Crippen LogP contribution in [0.4, 0.5) is 0 Å². The van der Waals surface area contributed by atoms with Crippen LogP contribution in [0.2, 0.25) is 0 Å². The Bertz CT molecular complexity index is 213. The maximum atomic E-state index is 2.20. The van der Waals surface area contributed by atoms with Gasteiger partial charge in [-0.15, -0.1) is 0 Å². The summed E-state index contributed by atoms with van der Waals surface area (Å²) in [6.07, 6.45) is 0. The molecule has 1 aromatic rings. The molecular formula is C10H18IN+2. The fourth-order valence-electron chi connectivity index (χ4n) is 1.13. The van der Waals surface area contributed by atoms with E-state index >= 15 is 0 Å². The maximum absolute atomic E-state index is 2.20. The Kier molecular flexibility index (Phi) is 4.78. The summed E-state index contributed by atoms with van der Waals surface area (Å²) in [7, 11) is 6.60. The number of hydrogen-bond donors (Lipinski definition) is 0. The molecule has 0 saturated carbocycles. The second kappa shape index (κ2) is 4.82. The van der Waals surface area contributed by atoms with E-state index in [1.807, 2.05) is 0 Å². The summed E-state index contributed by atoms with van der Waals surface area (Å²) in [5.74, 6) is 0. The molecule has 0 aliphatic rings. The van der Waals surface area contributed by atoms with Gasteiger partial charge in [0.2, 0.25) is 24.0 Å². The monoisotopic (exact) mass is 279 g/mol. The normalized spacial score (nSPS) is 10.6. The zero-order chi connectivity index (χ0) is 8.32. The van der Waals surface area contributed by atoms with Crippen molar-refractivity contribution in [3.05, 3.63) is 35.9 Å². The van der Waals surface area contributed by atoms with Gasteiger partial charge in [0.15, 0.2) is 0 Å². The smallest absolute Gasteiger partial charge is 0.235 e. The molecule has 0 radical (unpaired) electrons. The van der Waals surface area contributed by atoms with Gasteiger partial charge in [-0.05, 0) is 0 Å². The average molecular weight is 279 g/mol. The van der Waals surface area contributed by atoms with Gasteiger partial charge in [0.05, 0.1) is 21.1 Å². The quantitative estimate of drug-likeness (QED) is 0.450. The Morgan fingerprint density at radius 3 is 1.92 bits per heavy atom.